The van der Waals surface area contributed by atoms with Crippen LogP contribution >= 0.6 is 0 Å². The number of carbonyl (C=O) groups excluding carboxylic acids is 1. The average Bonchev–Trinajstić information content (AvgIpc) is 2.50. The van der Waals surface area contributed by atoms with Crippen LogP contribution in [-0.2, 0) is 9.53 Å². The van der Waals surface area contributed by atoms with Gasteiger partial charge in [0.1, 0.15) is 12.4 Å². The summed E-state index contributed by atoms with van der Waals surface area (Å²) in [5.74, 6) is 0.247. The van der Waals surface area contributed by atoms with E-state index in [0.717, 1.165) is 22.1 Å². The first-order valence-electron chi connectivity index (χ1n) is 6.51. The molecule has 0 aliphatic rings. The summed E-state index contributed by atoms with van der Waals surface area (Å²) in [6, 6.07) is 11.7. The average molecular weight is 270 g/mol. The Morgan fingerprint density at radius 2 is 2.15 bits per heavy atom. The van der Waals surface area contributed by atoms with Gasteiger partial charge in [0.05, 0.1) is 13.0 Å². The topological polar surface area (TPSA) is 35.5 Å². The summed E-state index contributed by atoms with van der Waals surface area (Å²) in [4.78, 5) is 12.0. The molecule has 2 aromatic carbocycles. The Hall–Kier alpha value is -2.29. The van der Waals surface area contributed by atoms with Crippen molar-refractivity contribution < 1.29 is 14.3 Å². The quantitative estimate of drug-likeness (QED) is 0.614. The van der Waals surface area contributed by atoms with Crippen LogP contribution < -0.4 is 4.74 Å². The van der Waals surface area contributed by atoms with Gasteiger partial charge in [-0.1, -0.05) is 36.9 Å². The smallest absolute Gasteiger partial charge is 0.313 e. The Labute approximate surface area is 118 Å². The van der Waals surface area contributed by atoms with Gasteiger partial charge in [-0.3, -0.25) is 4.79 Å². The summed E-state index contributed by atoms with van der Waals surface area (Å²) in [6.07, 6.45) is 1.57. The fourth-order valence-electron chi connectivity index (χ4n) is 2.18. The van der Waals surface area contributed by atoms with E-state index in [2.05, 4.69) is 6.58 Å². The number of ether oxygens (including phenoxy) is 2. The SMILES string of the molecule is C=CCOC(=O)C(C)c1cccc2cc(OC)ccc12. The molecular formula is C17H18O3. The van der Waals surface area contributed by atoms with E-state index >= 15 is 0 Å². The standard InChI is InChI=1S/C17H18O3/c1-4-10-20-17(18)12(2)15-7-5-6-13-11-14(19-3)8-9-16(13)15/h4-9,11-12H,1,10H2,2-3H3. The summed E-state index contributed by atoms with van der Waals surface area (Å²) >= 11 is 0. The van der Waals surface area contributed by atoms with E-state index in [9.17, 15) is 4.79 Å². The van der Waals surface area contributed by atoms with Crippen LogP contribution in [0.4, 0.5) is 0 Å². The van der Waals surface area contributed by atoms with Gasteiger partial charge in [-0.05, 0) is 35.4 Å². The second kappa shape index (κ2) is 6.24. The molecule has 1 unspecified atom stereocenters. The monoisotopic (exact) mass is 270 g/mol. The van der Waals surface area contributed by atoms with Crippen molar-refractivity contribution in [1.29, 1.82) is 0 Å². The molecule has 0 aliphatic heterocycles. The first kappa shape index (κ1) is 14.1. The zero-order chi connectivity index (χ0) is 14.5. The predicted molar refractivity (Wildman–Crippen MR) is 80.1 cm³/mol. The molecule has 0 aromatic heterocycles. The third-order valence-electron chi connectivity index (χ3n) is 3.28. The third-order valence-corrected chi connectivity index (χ3v) is 3.28. The summed E-state index contributed by atoms with van der Waals surface area (Å²) < 4.78 is 10.3. The lowest BCUT2D eigenvalue weighted by atomic mass is 9.95. The van der Waals surface area contributed by atoms with E-state index < -0.39 is 0 Å². The van der Waals surface area contributed by atoms with Gasteiger partial charge < -0.3 is 9.47 Å². The number of benzene rings is 2. The van der Waals surface area contributed by atoms with Gasteiger partial charge in [-0.2, -0.15) is 0 Å². The van der Waals surface area contributed by atoms with Gasteiger partial charge in [0.2, 0.25) is 0 Å². The molecule has 0 saturated heterocycles. The zero-order valence-corrected chi connectivity index (χ0v) is 11.8. The van der Waals surface area contributed by atoms with Crippen molar-refractivity contribution in [3.63, 3.8) is 0 Å². The number of carbonyl (C=O) groups is 1. The third kappa shape index (κ3) is 2.82. The fourth-order valence-corrected chi connectivity index (χ4v) is 2.18. The fraction of sp³-hybridized carbons (Fsp3) is 0.235. The highest BCUT2D eigenvalue weighted by Crippen LogP contribution is 2.29. The molecule has 3 heteroatoms. The molecule has 0 N–H and O–H groups in total. The number of rotatable bonds is 5. The molecule has 0 bridgehead atoms. The van der Waals surface area contributed by atoms with Crippen LogP contribution in [-0.4, -0.2) is 19.7 Å². The van der Waals surface area contributed by atoms with Crippen molar-refractivity contribution in [2.45, 2.75) is 12.8 Å². The van der Waals surface area contributed by atoms with Gasteiger partial charge in [0.15, 0.2) is 0 Å². The van der Waals surface area contributed by atoms with Crippen molar-refractivity contribution in [2.75, 3.05) is 13.7 Å². The van der Waals surface area contributed by atoms with Crippen molar-refractivity contribution >= 4 is 16.7 Å². The minimum absolute atomic E-state index is 0.238. The number of hydrogen-bond acceptors (Lipinski definition) is 3. The van der Waals surface area contributed by atoms with E-state index in [1.165, 1.54) is 0 Å². The van der Waals surface area contributed by atoms with Crippen LogP contribution in [0.15, 0.2) is 49.1 Å². The molecule has 3 nitrogen and oxygen atoms in total. The van der Waals surface area contributed by atoms with Crippen molar-refractivity contribution in [2.24, 2.45) is 0 Å². The molecule has 0 spiro atoms. The molecule has 0 heterocycles. The minimum Gasteiger partial charge on any atom is -0.497 e. The second-order valence-corrected chi connectivity index (χ2v) is 4.57. The Morgan fingerprint density at radius 3 is 2.85 bits per heavy atom. The highest BCUT2D eigenvalue weighted by atomic mass is 16.5. The Morgan fingerprint density at radius 1 is 1.35 bits per heavy atom. The first-order chi connectivity index (χ1) is 9.67. The van der Waals surface area contributed by atoms with Crippen LogP contribution in [0.1, 0.15) is 18.4 Å². The van der Waals surface area contributed by atoms with Crippen molar-refractivity contribution in [1.82, 2.24) is 0 Å². The molecule has 20 heavy (non-hydrogen) atoms. The van der Waals surface area contributed by atoms with Crippen molar-refractivity contribution in [3.05, 3.63) is 54.6 Å². The number of esters is 1. The zero-order valence-electron chi connectivity index (χ0n) is 11.8. The highest BCUT2D eigenvalue weighted by molar-refractivity contribution is 5.91. The molecule has 104 valence electrons. The van der Waals surface area contributed by atoms with Gasteiger partial charge in [-0.15, -0.1) is 0 Å². The van der Waals surface area contributed by atoms with E-state index in [1.807, 2.05) is 43.3 Å². The summed E-state index contributed by atoms with van der Waals surface area (Å²) in [6.45, 7) is 5.63. The highest BCUT2D eigenvalue weighted by Gasteiger charge is 2.18. The normalized spacial score (nSPS) is 11.9. The van der Waals surface area contributed by atoms with Crippen LogP contribution in [0.2, 0.25) is 0 Å². The van der Waals surface area contributed by atoms with Crippen LogP contribution in [0, 0.1) is 0 Å². The summed E-state index contributed by atoms with van der Waals surface area (Å²) in [5, 5.41) is 2.08. The molecular weight excluding hydrogens is 252 g/mol. The number of hydrogen-bond donors (Lipinski definition) is 0. The van der Waals surface area contributed by atoms with Gasteiger partial charge >= 0.3 is 5.97 Å². The molecule has 2 rings (SSSR count). The van der Waals surface area contributed by atoms with Gasteiger partial charge in [0, 0.05) is 0 Å². The Balaban J connectivity index is 2.38. The molecule has 1 atom stereocenters. The molecule has 0 aliphatic carbocycles. The molecule has 0 saturated carbocycles. The summed E-state index contributed by atoms with van der Waals surface area (Å²) in [7, 11) is 1.64. The second-order valence-electron chi connectivity index (χ2n) is 4.57. The van der Waals surface area contributed by atoms with Crippen LogP contribution in [0.5, 0.6) is 5.75 Å². The van der Waals surface area contributed by atoms with Crippen molar-refractivity contribution in [3.8, 4) is 5.75 Å². The number of methoxy groups -OCH3 is 1. The first-order valence-corrected chi connectivity index (χ1v) is 6.51. The van der Waals surface area contributed by atoms with Crippen LogP contribution in [0.25, 0.3) is 10.8 Å². The maximum absolute atomic E-state index is 12.0. The van der Waals surface area contributed by atoms with E-state index in [-0.39, 0.29) is 18.5 Å². The predicted octanol–water partition coefficient (Wildman–Crippen LogP) is 3.68. The van der Waals surface area contributed by atoms with Gasteiger partial charge in [-0.25, -0.2) is 0 Å². The van der Waals surface area contributed by atoms with Gasteiger partial charge in [0.25, 0.3) is 0 Å². The van der Waals surface area contributed by atoms with E-state index in [0.29, 0.717) is 0 Å². The molecule has 0 amide bonds. The Bertz CT molecular complexity index is 631. The molecule has 0 fully saturated rings. The lowest BCUT2D eigenvalue weighted by Crippen LogP contribution is -2.13. The van der Waals surface area contributed by atoms with Crippen LogP contribution in [0.3, 0.4) is 0 Å². The summed E-state index contributed by atoms with van der Waals surface area (Å²) in [5.41, 5.74) is 0.958. The largest absolute Gasteiger partial charge is 0.497 e. The molecule has 2 aromatic rings. The Kier molecular flexibility index (Phi) is 4.41. The number of fused-ring (bicyclic) bond motifs is 1. The maximum atomic E-state index is 12.0. The lowest BCUT2D eigenvalue weighted by Gasteiger charge is -2.14. The minimum atomic E-state index is -0.313. The van der Waals surface area contributed by atoms with E-state index in [1.54, 1.807) is 13.2 Å². The molecule has 0 radical (unpaired) electrons. The maximum Gasteiger partial charge on any atom is 0.313 e. The lowest BCUT2D eigenvalue weighted by molar-refractivity contribution is -0.143. The van der Waals surface area contributed by atoms with E-state index in [4.69, 9.17) is 9.47 Å².